The van der Waals surface area contributed by atoms with Crippen molar-refractivity contribution in [2.75, 3.05) is 12.4 Å². The highest BCUT2D eigenvalue weighted by Crippen LogP contribution is 2.34. The van der Waals surface area contributed by atoms with Crippen molar-refractivity contribution in [3.63, 3.8) is 0 Å². The molecule has 0 saturated heterocycles. The van der Waals surface area contributed by atoms with Gasteiger partial charge in [0, 0.05) is 0 Å². The van der Waals surface area contributed by atoms with E-state index in [1.54, 1.807) is 13.8 Å². The van der Waals surface area contributed by atoms with Crippen molar-refractivity contribution < 1.29 is 22.7 Å². The van der Waals surface area contributed by atoms with E-state index in [9.17, 15) is 18.0 Å². The molecule has 112 valence electrons. The van der Waals surface area contributed by atoms with Crippen molar-refractivity contribution in [2.45, 2.75) is 26.1 Å². The monoisotopic (exact) mass is 309 g/mol. The van der Waals surface area contributed by atoms with Crippen LogP contribution in [0.4, 0.5) is 18.9 Å². The lowest BCUT2D eigenvalue weighted by Gasteiger charge is -2.22. The number of halogens is 4. The van der Waals surface area contributed by atoms with Gasteiger partial charge in [-0.25, -0.2) is 4.79 Å². The van der Waals surface area contributed by atoms with Gasteiger partial charge in [-0.1, -0.05) is 25.4 Å². The summed E-state index contributed by atoms with van der Waals surface area (Å²) in [6.45, 7) is 3.57. The molecule has 1 unspecified atom stereocenters. The summed E-state index contributed by atoms with van der Waals surface area (Å²) < 4.78 is 42.2. The molecule has 1 atom stereocenters. The van der Waals surface area contributed by atoms with Crippen LogP contribution in [0.1, 0.15) is 19.4 Å². The van der Waals surface area contributed by atoms with Crippen LogP contribution in [0.3, 0.4) is 0 Å². The molecule has 0 saturated carbocycles. The van der Waals surface area contributed by atoms with E-state index in [0.717, 1.165) is 12.1 Å². The van der Waals surface area contributed by atoms with Gasteiger partial charge < -0.3 is 10.1 Å². The molecule has 1 aromatic rings. The Labute approximate surface area is 120 Å². The summed E-state index contributed by atoms with van der Waals surface area (Å²) in [4.78, 5) is 11.6. The molecule has 0 aliphatic carbocycles. The number of esters is 1. The molecule has 20 heavy (non-hydrogen) atoms. The Morgan fingerprint density at radius 2 is 1.95 bits per heavy atom. The zero-order chi connectivity index (χ0) is 15.5. The van der Waals surface area contributed by atoms with Gasteiger partial charge >= 0.3 is 12.1 Å². The predicted octanol–water partition coefficient (Wildman–Crippen LogP) is 3.97. The first-order chi connectivity index (χ1) is 9.16. The average Bonchev–Trinajstić information content (AvgIpc) is 2.34. The largest absolute Gasteiger partial charge is 0.467 e. The van der Waals surface area contributed by atoms with Crippen molar-refractivity contribution in [1.29, 1.82) is 0 Å². The third-order valence-corrected chi connectivity index (χ3v) is 3.04. The fourth-order valence-electron chi connectivity index (χ4n) is 1.60. The van der Waals surface area contributed by atoms with Gasteiger partial charge in [0.15, 0.2) is 0 Å². The lowest BCUT2D eigenvalue weighted by atomic mass is 10.0. The number of hydrogen-bond donors (Lipinski definition) is 1. The van der Waals surface area contributed by atoms with E-state index in [1.165, 1.54) is 13.2 Å². The van der Waals surface area contributed by atoms with E-state index in [4.69, 9.17) is 11.6 Å². The Morgan fingerprint density at radius 3 is 2.35 bits per heavy atom. The van der Waals surface area contributed by atoms with Gasteiger partial charge in [0.25, 0.3) is 0 Å². The van der Waals surface area contributed by atoms with Crippen molar-refractivity contribution >= 4 is 23.3 Å². The molecule has 0 spiro atoms. The zero-order valence-electron chi connectivity index (χ0n) is 11.2. The minimum Gasteiger partial charge on any atom is -0.467 e. The van der Waals surface area contributed by atoms with Gasteiger partial charge in [0.1, 0.15) is 6.04 Å². The summed E-state index contributed by atoms with van der Waals surface area (Å²) in [5.74, 6) is -0.614. The number of carbonyl (C=O) groups is 1. The fourth-order valence-corrected chi connectivity index (χ4v) is 1.84. The van der Waals surface area contributed by atoms with E-state index in [-0.39, 0.29) is 16.6 Å². The van der Waals surface area contributed by atoms with Gasteiger partial charge in [-0.05, 0) is 24.1 Å². The molecule has 0 bridgehead atoms. The Hall–Kier alpha value is -1.43. The number of ether oxygens (including phenoxy) is 1. The van der Waals surface area contributed by atoms with Crippen LogP contribution < -0.4 is 5.32 Å². The van der Waals surface area contributed by atoms with Gasteiger partial charge in [0.2, 0.25) is 0 Å². The maximum atomic E-state index is 12.5. The quantitative estimate of drug-likeness (QED) is 0.855. The van der Waals surface area contributed by atoms with Gasteiger partial charge in [-0.15, -0.1) is 0 Å². The average molecular weight is 310 g/mol. The summed E-state index contributed by atoms with van der Waals surface area (Å²) in [6.07, 6.45) is -4.46. The van der Waals surface area contributed by atoms with Gasteiger partial charge in [-0.3, -0.25) is 0 Å². The normalized spacial score (nSPS) is 13.2. The number of hydrogen-bond acceptors (Lipinski definition) is 3. The lowest BCUT2D eigenvalue weighted by Crippen LogP contribution is -2.35. The Balaban J connectivity index is 3.00. The summed E-state index contributed by atoms with van der Waals surface area (Å²) in [7, 11) is 1.24. The van der Waals surface area contributed by atoms with E-state index in [1.807, 2.05) is 0 Å². The summed E-state index contributed by atoms with van der Waals surface area (Å²) in [6, 6.07) is 2.24. The Kier molecular flexibility index (Phi) is 5.28. The van der Waals surface area contributed by atoms with Crippen LogP contribution in [0.25, 0.3) is 0 Å². The van der Waals surface area contributed by atoms with Crippen LogP contribution in [0, 0.1) is 5.92 Å². The molecule has 0 heterocycles. The number of anilines is 1. The van der Waals surface area contributed by atoms with E-state index >= 15 is 0 Å². The fraction of sp³-hybridized carbons (Fsp3) is 0.462. The predicted molar refractivity (Wildman–Crippen MR) is 70.7 cm³/mol. The number of nitrogens with one attached hydrogen (secondary N) is 1. The highest BCUT2D eigenvalue weighted by molar-refractivity contribution is 6.33. The molecule has 1 aromatic carbocycles. The van der Waals surface area contributed by atoms with Crippen LogP contribution in [-0.4, -0.2) is 19.1 Å². The molecule has 0 radical (unpaired) electrons. The third-order valence-electron chi connectivity index (χ3n) is 2.73. The summed E-state index contributed by atoms with van der Waals surface area (Å²) >= 11 is 5.82. The van der Waals surface area contributed by atoms with Gasteiger partial charge in [-0.2, -0.15) is 13.2 Å². The SMILES string of the molecule is COC(=O)C(Nc1ccc(C(F)(F)F)cc1Cl)C(C)C. The maximum Gasteiger partial charge on any atom is 0.416 e. The molecule has 0 aliphatic rings. The Morgan fingerprint density at radius 1 is 1.35 bits per heavy atom. The minimum absolute atomic E-state index is 0.102. The molecule has 7 heteroatoms. The maximum absolute atomic E-state index is 12.5. The number of rotatable bonds is 4. The molecule has 0 amide bonds. The molecule has 3 nitrogen and oxygen atoms in total. The topological polar surface area (TPSA) is 38.3 Å². The number of methoxy groups -OCH3 is 1. The highest BCUT2D eigenvalue weighted by Gasteiger charge is 2.31. The first-order valence-electron chi connectivity index (χ1n) is 5.88. The van der Waals surface area contributed by atoms with Crippen molar-refractivity contribution in [2.24, 2.45) is 5.92 Å². The smallest absolute Gasteiger partial charge is 0.416 e. The summed E-state index contributed by atoms with van der Waals surface area (Å²) in [5.41, 5.74) is -0.587. The van der Waals surface area contributed by atoms with E-state index in [0.29, 0.717) is 0 Å². The molecule has 0 fully saturated rings. The van der Waals surface area contributed by atoms with Crippen LogP contribution in [0.15, 0.2) is 18.2 Å². The molecule has 1 rings (SSSR count). The van der Waals surface area contributed by atoms with Gasteiger partial charge in [0.05, 0.1) is 23.4 Å². The molecular weight excluding hydrogens is 295 g/mol. The van der Waals surface area contributed by atoms with Crippen molar-refractivity contribution in [1.82, 2.24) is 0 Å². The lowest BCUT2D eigenvalue weighted by molar-refractivity contribution is -0.142. The first-order valence-corrected chi connectivity index (χ1v) is 6.25. The van der Waals surface area contributed by atoms with E-state index in [2.05, 4.69) is 10.1 Å². The van der Waals surface area contributed by atoms with Crippen molar-refractivity contribution in [3.8, 4) is 0 Å². The third kappa shape index (κ3) is 4.03. The number of benzene rings is 1. The summed E-state index contributed by atoms with van der Waals surface area (Å²) in [5, 5.41) is 2.70. The van der Waals surface area contributed by atoms with Crippen LogP contribution in [0.2, 0.25) is 5.02 Å². The second kappa shape index (κ2) is 6.35. The second-order valence-corrected chi connectivity index (χ2v) is 4.99. The Bertz CT molecular complexity index is 489. The second-order valence-electron chi connectivity index (χ2n) is 4.58. The van der Waals surface area contributed by atoms with Crippen LogP contribution >= 0.6 is 11.6 Å². The molecule has 1 N–H and O–H groups in total. The molecule has 0 aromatic heterocycles. The first kappa shape index (κ1) is 16.6. The van der Waals surface area contributed by atoms with Crippen molar-refractivity contribution in [3.05, 3.63) is 28.8 Å². The standard InChI is InChI=1S/C13H15ClF3NO2/c1-7(2)11(12(19)20-3)18-10-5-4-8(6-9(10)14)13(15,16)17/h4-7,11,18H,1-3H3. The number of carbonyl (C=O) groups excluding carboxylic acids is 1. The van der Waals surface area contributed by atoms with E-state index < -0.39 is 23.8 Å². The van der Waals surface area contributed by atoms with Crippen LogP contribution in [-0.2, 0) is 15.7 Å². The zero-order valence-corrected chi connectivity index (χ0v) is 12.0. The van der Waals surface area contributed by atoms with Crippen LogP contribution in [0.5, 0.6) is 0 Å². The molecule has 0 aliphatic heterocycles. The molecular formula is C13H15ClF3NO2. The highest BCUT2D eigenvalue weighted by atomic mass is 35.5. The minimum atomic E-state index is -4.46. The number of alkyl halides is 3.